The predicted octanol–water partition coefficient (Wildman–Crippen LogP) is 3.74. The van der Waals surface area contributed by atoms with E-state index in [0.717, 1.165) is 85.4 Å². The summed E-state index contributed by atoms with van der Waals surface area (Å²) in [6.45, 7) is 4.48. The van der Waals surface area contributed by atoms with Gasteiger partial charge in [-0.25, -0.2) is 4.98 Å². The number of rotatable bonds is 9. The van der Waals surface area contributed by atoms with Gasteiger partial charge in [0.15, 0.2) is 11.6 Å². The quantitative estimate of drug-likeness (QED) is 0.445. The molecule has 188 valence electrons. The Kier molecular flexibility index (Phi) is 7.31. The molecule has 3 aromatic heterocycles. The highest BCUT2D eigenvalue weighted by Gasteiger charge is 2.33. The highest BCUT2D eigenvalue weighted by atomic mass is 32.2. The van der Waals surface area contributed by atoms with Crippen molar-refractivity contribution in [1.29, 1.82) is 0 Å². The van der Waals surface area contributed by atoms with E-state index in [-0.39, 0.29) is 6.04 Å². The third-order valence-corrected chi connectivity index (χ3v) is 8.44. The first-order valence-electron chi connectivity index (χ1n) is 12.5. The standard InChI is InChI=1S/C25H34N6O3S/c1-4-17(20-16-21(31(3)29-20)22-6-5-12-34-22)7-11-30(2)25-27-19-10-15-35(32)23(19)24(28-25)26-18-8-13-33-14-9-18/h5-6,12,16-18H,4,7-11,13-15H2,1-3H3,(H,26,27,28). The molecule has 0 bridgehead atoms. The molecule has 35 heavy (non-hydrogen) atoms. The molecule has 0 aromatic carbocycles. The van der Waals surface area contributed by atoms with E-state index in [2.05, 4.69) is 23.2 Å². The van der Waals surface area contributed by atoms with Gasteiger partial charge in [0.2, 0.25) is 10.8 Å². The summed E-state index contributed by atoms with van der Waals surface area (Å²) in [7, 11) is 3.99. The van der Waals surface area contributed by atoms with Crippen LogP contribution in [-0.2, 0) is 29.4 Å². The Labute approximate surface area is 209 Å². The summed E-state index contributed by atoms with van der Waals surface area (Å²) < 4.78 is 25.6. The van der Waals surface area contributed by atoms with Crippen LogP contribution in [0.1, 0.15) is 49.9 Å². The van der Waals surface area contributed by atoms with E-state index < -0.39 is 11.2 Å². The first-order chi connectivity index (χ1) is 17.0. The van der Waals surface area contributed by atoms with Crippen molar-refractivity contribution in [2.45, 2.75) is 55.9 Å². The van der Waals surface area contributed by atoms with Crippen molar-refractivity contribution < 1.29 is 13.7 Å². The summed E-state index contributed by atoms with van der Waals surface area (Å²) in [4.78, 5) is 12.6. The molecule has 2 aliphatic rings. The van der Waals surface area contributed by atoms with Gasteiger partial charge in [-0.1, -0.05) is 6.92 Å². The van der Waals surface area contributed by atoms with Gasteiger partial charge in [0.1, 0.15) is 17.1 Å². The van der Waals surface area contributed by atoms with E-state index in [1.807, 2.05) is 30.9 Å². The SMILES string of the molecule is CCC(CCN(C)c1nc2c(c(NC3CCOCC3)n1)[S+]([O-])CC2)c1cc(-c2ccco2)n(C)n1. The molecule has 2 unspecified atom stereocenters. The number of aryl methyl sites for hydroxylation is 2. The zero-order valence-electron chi connectivity index (χ0n) is 20.7. The van der Waals surface area contributed by atoms with Gasteiger partial charge < -0.3 is 23.9 Å². The average Bonchev–Trinajstić information content (AvgIpc) is 3.61. The minimum Gasteiger partial charge on any atom is -0.611 e. The van der Waals surface area contributed by atoms with Crippen LogP contribution in [0.25, 0.3) is 11.5 Å². The number of hydrogen-bond donors (Lipinski definition) is 1. The number of aromatic nitrogens is 4. The van der Waals surface area contributed by atoms with Crippen LogP contribution < -0.4 is 10.2 Å². The first kappa shape index (κ1) is 24.1. The van der Waals surface area contributed by atoms with Crippen molar-refractivity contribution in [2.75, 3.05) is 42.8 Å². The van der Waals surface area contributed by atoms with Crippen molar-refractivity contribution in [3.63, 3.8) is 0 Å². The minimum absolute atomic E-state index is 0.287. The molecule has 0 amide bonds. The Morgan fingerprint density at radius 3 is 2.89 bits per heavy atom. The summed E-state index contributed by atoms with van der Waals surface area (Å²) >= 11 is -1.04. The molecule has 0 saturated carbocycles. The average molecular weight is 499 g/mol. The van der Waals surface area contributed by atoms with Crippen LogP contribution in [0.3, 0.4) is 0 Å². The third-order valence-electron chi connectivity index (χ3n) is 6.98. The van der Waals surface area contributed by atoms with Crippen LogP contribution in [0, 0.1) is 0 Å². The van der Waals surface area contributed by atoms with Crippen LogP contribution in [0.2, 0.25) is 0 Å². The van der Waals surface area contributed by atoms with Crippen molar-refractivity contribution in [2.24, 2.45) is 7.05 Å². The van der Waals surface area contributed by atoms with Gasteiger partial charge in [-0.3, -0.25) is 4.68 Å². The van der Waals surface area contributed by atoms with Gasteiger partial charge in [-0.2, -0.15) is 10.1 Å². The number of anilines is 2. The molecular formula is C25H34N6O3S. The number of hydrogen-bond acceptors (Lipinski definition) is 8. The fourth-order valence-electron chi connectivity index (χ4n) is 4.84. The number of fused-ring (bicyclic) bond motifs is 1. The molecule has 1 fully saturated rings. The van der Waals surface area contributed by atoms with Gasteiger partial charge in [-0.15, -0.1) is 0 Å². The molecule has 0 aliphatic carbocycles. The third kappa shape index (κ3) is 5.19. The molecule has 0 radical (unpaired) electrons. The van der Waals surface area contributed by atoms with Crippen LogP contribution in [0.5, 0.6) is 0 Å². The Morgan fingerprint density at radius 1 is 1.31 bits per heavy atom. The summed E-state index contributed by atoms with van der Waals surface area (Å²) in [5, 5.41) is 8.33. The Hall–Kier alpha value is -2.56. The lowest BCUT2D eigenvalue weighted by atomic mass is 9.98. The number of nitrogens with zero attached hydrogens (tertiary/aromatic N) is 5. The smallest absolute Gasteiger partial charge is 0.227 e. The Morgan fingerprint density at radius 2 is 2.14 bits per heavy atom. The predicted molar refractivity (Wildman–Crippen MR) is 136 cm³/mol. The van der Waals surface area contributed by atoms with Crippen molar-refractivity contribution in [1.82, 2.24) is 19.7 Å². The molecular weight excluding hydrogens is 464 g/mol. The molecule has 10 heteroatoms. The highest BCUT2D eigenvalue weighted by Crippen LogP contribution is 2.34. The minimum atomic E-state index is -1.04. The maximum atomic E-state index is 12.7. The van der Waals surface area contributed by atoms with Crippen molar-refractivity contribution in [3.05, 3.63) is 35.9 Å². The van der Waals surface area contributed by atoms with Gasteiger partial charge in [0, 0.05) is 52.2 Å². The molecule has 1 saturated heterocycles. The van der Waals surface area contributed by atoms with E-state index in [0.29, 0.717) is 17.6 Å². The normalized spacial score (nSPS) is 19.0. The molecule has 0 spiro atoms. The number of ether oxygens (including phenoxy) is 1. The zero-order valence-corrected chi connectivity index (χ0v) is 21.5. The van der Waals surface area contributed by atoms with Crippen LogP contribution in [0.4, 0.5) is 11.8 Å². The van der Waals surface area contributed by atoms with E-state index in [1.54, 1.807) is 6.26 Å². The molecule has 5 rings (SSSR count). The summed E-state index contributed by atoms with van der Waals surface area (Å²) in [6.07, 6.45) is 6.19. The van der Waals surface area contributed by atoms with Crippen LogP contribution in [0.15, 0.2) is 33.8 Å². The van der Waals surface area contributed by atoms with E-state index >= 15 is 0 Å². The lowest BCUT2D eigenvalue weighted by Gasteiger charge is -2.25. The fraction of sp³-hybridized carbons (Fsp3) is 0.560. The topological polar surface area (TPSA) is 104 Å². The molecule has 5 heterocycles. The Balaban J connectivity index is 1.30. The molecule has 2 atom stereocenters. The van der Waals surface area contributed by atoms with E-state index in [1.165, 1.54) is 0 Å². The lowest BCUT2D eigenvalue weighted by Crippen LogP contribution is -2.30. The van der Waals surface area contributed by atoms with Crippen LogP contribution >= 0.6 is 0 Å². The molecule has 3 aromatic rings. The van der Waals surface area contributed by atoms with Crippen molar-refractivity contribution >= 4 is 22.9 Å². The largest absolute Gasteiger partial charge is 0.611 e. The number of furan rings is 1. The van der Waals surface area contributed by atoms with Gasteiger partial charge in [-0.05, 0) is 55.1 Å². The van der Waals surface area contributed by atoms with E-state index in [9.17, 15) is 4.55 Å². The monoisotopic (exact) mass is 498 g/mol. The molecule has 1 N–H and O–H groups in total. The lowest BCUT2D eigenvalue weighted by molar-refractivity contribution is 0.0903. The summed E-state index contributed by atoms with van der Waals surface area (Å²) in [5.41, 5.74) is 2.96. The second-order valence-corrected chi connectivity index (χ2v) is 10.9. The van der Waals surface area contributed by atoms with Gasteiger partial charge >= 0.3 is 0 Å². The van der Waals surface area contributed by atoms with Gasteiger partial charge in [0.05, 0.1) is 12.0 Å². The highest BCUT2D eigenvalue weighted by molar-refractivity contribution is 7.91. The Bertz CT molecular complexity index is 1130. The maximum Gasteiger partial charge on any atom is 0.227 e. The molecule has 2 aliphatic heterocycles. The van der Waals surface area contributed by atoms with Crippen molar-refractivity contribution in [3.8, 4) is 11.5 Å². The summed E-state index contributed by atoms with van der Waals surface area (Å²) in [6, 6.07) is 6.27. The van der Waals surface area contributed by atoms with E-state index in [4.69, 9.17) is 24.2 Å². The van der Waals surface area contributed by atoms with Crippen LogP contribution in [-0.4, -0.2) is 62.9 Å². The maximum absolute atomic E-state index is 12.7. The second-order valence-electron chi connectivity index (χ2n) is 9.35. The van der Waals surface area contributed by atoms with Gasteiger partial charge in [0.25, 0.3) is 0 Å². The first-order valence-corrected chi connectivity index (χ1v) is 13.8. The zero-order chi connectivity index (χ0) is 24.4. The fourth-order valence-corrected chi connectivity index (χ4v) is 6.16. The second kappa shape index (κ2) is 10.6. The summed E-state index contributed by atoms with van der Waals surface area (Å²) in [5.74, 6) is 3.18. The number of nitrogens with one attached hydrogen (secondary N) is 1. The molecule has 9 nitrogen and oxygen atoms in total.